The zero-order valence-electron chi connectivity index (χ0n) is 8.57. The summed E-state index contributed by atoms with van der Waals surface area (Å²) in [6, 6.07) is -0.434. The average molecular weight is 273 g/mol. The van der Waals surface area contributed by atoms with Crippen LogP contribution >= 0.6 is 15.9 Å². The van der Waals surface area contributed by atoms with E-state index in [0.29, 0.717) is 10.3 Å². The third-order valence-corrected chi connectivity index (χ3v) is 2.51. The number of hydrogen-bond acceptors (Lipinski definition) is 4. The van der Waals surface area contributed by atoms with E-state index in [1.54, 1.807) is 6.20 Å². The molecule has 1 heterocycles. The second kappa shape index (κ2) is 5.06. The first-order chi connectivity index (χ1) is 7.02. The molecule has 1 aromatic heterocycles. The Bertz CT molecular complexity index is 356. The van der Waals surface area contributed by atoms with Gasteiger partial charge in [-0.1, -0.05) is 13.8 Å². The van der Waals surface area contributed by atoms with E-state index < -0.39 is 11.9 Å². The summed E-state index contributed by atoms with van der Waals surface area (Å²) in [5, 5.41) is 2.97. The van der Waals surface area contributed by atoms with Crippen LogP contribution in [0.2, 0.25) is 0 Å². The minimum absolute atomic E-state index is 0.101. The number of carbonyl (C=O) groups excluding carboxylic acids is 1. The van der Waals surface area contributed by atoms with Gasteiger partial charge in [-0.2, -0.15) is 0 Å². The Kier molecular flexibility index (Phi) is 4.02. The van der Waals surface area contributed by atoms with Crippen molar-refractivity contribution in [3.05, 3.63) is 17.0 Å². The molecular weight excluding hydrogens is 260 g/mol. The summed E-state index contributed by atoms with van der Waals surface area (Å²) in [5.74, 6) is 0.280. The molecule has 6 heteroatoms. The second-order valence-corrected chi connectivity index (χ2v) is 4.34. The number of nitrogens with one attached hydrogen (secondary N) is 1. The molecule has 1 unspecified atom stereocenters. The molecule has 0 aromatic carbocycles. The topological polar surface area (TPSA) is 80.9 Å². The lowest BCUT2D eigenvalue weighted by molar-refractivity contribution is -0.119. The van der Waals surface area contributed by atoms with Gasteiger partial charge in [-0.3, -0.25) is 4.79 Å². The lowest BCUT2D eigenvalue weighted by Gasteiger charge is -2.19. The van der Waals surface area contributed by atoms with E-state index in [0.717, 1.165) is 0 Å². The molecule has 15 heavy (non-hydrogen) atoms. The molecular formula is C9H13BrN4O. The van der Waals surface area contributed by atoms with Crippen LogP contribution < -0.4 is 11.1 Å². The molecule has 0 radical (unpaired) electrons. The Morgan fingerprint density at radius 1 is 1.60 bits per heavy atom. The molecule has 82 valence electrons. The molecule has 0 spiro atoms. The van der Waals surface area contributed by atoms with Crippen LogP contribution in [0.5, 0.6) is 0 Å². The van der Waals surface area contributed by atoms with Gasteiger partial charge >= 0.3 is 0 Å². The van der Waals surface area contributed by atoms with Crippen LogP contribution in [0.15, 0.2) is 17.0 Å². The Morgan fingerprint density at radius 2 is 2.27 bits per heavy atom. The second-order valence-electron chi connectivity index (χ2n) is 3.49. The summed E-state index contributed by atoms with van der Waals surface area (Å²) >= 11 is 3.28. The number of nitrogens with zero attached hydrogens (tertiary/aromatic N) is 2. The highest BCUT2D eigenvalue weighted by Gasteiger charge is 2.20. The fraction of sp³-hybridized carbons (Fsp3) is 0.444. The van der Waals surface area contributed by atoms with Gasteiger partial charge < -0.3 is 11.1 Å². The largest absolute Gasteiger partial charge is 0.368 e. The first-order valence-corrected chi connectivity index (χ1v) is 5.33. The fourth-order valence-corrected chi connectivity index (χ4v) is 1.47. The van der Waals surface area contributed by atoms with Crippen molar-refractivity contribution >= 4 is 27.7 Å². The molecule has 0 saturated carbocycles. The van der Waals surface area contributed by atoms with E-state index in [1.165, 1.54) is 6.33 Å². The van der Waals surface area contributed by atoms with Gasteiger partial charge in [0.25, 0.3) is 0 Å². The predicted molar refractivity (Wildman–Crippen MR) is 61.2 cm³/mol. The van der Waals surface area contributed by atoms with Crippen LogP contribution in [0.1, 0.15) is 13.8 Å². The molecule has 0 bridgehead atoms. The van der Waals surface area contributed by atoms with Gasteiger partial charge in [0.1, 0.15) is 18.2 Å². The molecule has 3 N–H and O–H groups in total. The first-order valence-electron chi connectivity index (χ1n) is 4.53. The van der Waals surface area contributed by atoms with Gasteiger partial charge in [0.2, 0.25) is 5.91 Å². The average Bonchev–Trinajstić information content (AvgIpc) is 2.15. The number of primary amides is 1. The molecule has 1 rings (SSSR count). The fourth-order valence-electron chi connectivity index (χ4n) is 1.13. The smallest absolute Gasteiger partial charge is 0.240 e. The minimum atomic E-state index is -0.434. The molecule has 1 aromatic rings. The monoisotopic (exact) mass is 272 g/mol. The SMILES string of the molecule is CC(C)C(Nc1ncncc1Br)C(N)=O. The van der Waals surface area contributed by atoms with Gasteiger partial charge in [-0.15, -0.1) is 0 Å². The van der Waals surface area contributed by atoms with E-state index in [2.05, 4.69) is 31.2 Å². The lowest BCUT2D eigenvalue weighted by atomic mass is 10.0. The molecule has 0 fully saturated rings. The summed E-state index contributed by atoms with van der Waals surface area (Å²) in [4.78, 5) is 19.0. The van der Waals surface area contributed by atoms with Gasteiger partial charge in [-0.25, -0.2) is 9.97 Å². The van der Waals surface area contributed by atoms with Gasteiger partial charge in [0.15, 0.2) is 0 Å². The third-order valence-electron chi connectivity index (χ3n) is 1.93. The number of amides is 1. The summed E-state index contributed by atoms with van der Waals surface area (Å²) in [7, 11) is 0. The van der Waals surface area contributed by atoms with Crippen molar-refractivity contribution in [1.82, 2.24) is 9.97 Å². The number of rotatable bonds is 4. The summed E-state index contributed by atoms with van der Waals surface area (Å²) in [6.07, 6.45) is 3.01. The summed E-state index contributed by atoms with van der Waals surface area (Å²) in [5.41, 5.74) is 5.28. The van der Waals surface area contributed by atoms with E-state index in [4.69, 9.17) is 5.73 Å². The van der Waals surface area contributed by atoms with Gasteiger partial charge in [0.05, 0.1) is 4.47 Å². The number of halogens is 1. The number of hydrogen-bond donors (Lipinski definition) is 2. The van der Waals surface area contributed by atoms with Crippen LogP contribution in [0, 0.1) is 5.92 Å². The van der Waals surface area contributed by atoms with Crippen LogP contribution in [0.25, 0.3) is 0 Å². The molecule has 0 saturated heterocycles. The van der Waals surface area contributed by atoms with Gasteiger partial charge in [0, 0.05) is 6.20 Å². The molecule has 0 aliphatic heterocycles. The Balaban J connectivity index is 2.84. The molecule has 1 atom stereocenters. The Hall–Kier alpha value is -1.17. The summed E-state index contributed by atoms with van der Waals surface area (Å²) in [6.45, 7) is 3.83. The van der Waals surface area contributed by atoms with Crippen molar-refractivity contribution in [2.75, 3.05) is 5.32 Å². The van der Waals surface area contributed by atoms with Gasteiger partial charge in [-0.05, 0) is 21.8 Å². The van der Waals surface area contributed by atoms with Crippen molar-refractivity contribution < 1.29 is 4.79 Å². The maximum absolute atomic E-state index is 11.2. The maximum Gasteiger partial charge on any atom is 0.240 e. The van der Waals surface area contributed by atoms with Crippen molar-refractivity contribution in [3.63, 3.8) is 0 Å². The summed E-state index contributed by atoms with van der Waals surface area (Å²) < 4.78 is 0.705. The quantitative estimate of drug-likeness (QED) is 0.862. The van der Waals surface area contributed by atoms with Crippen LogP contribution in [0.4, 0.5) is 5.82 Å². The standard InChI is InChI=1S/C9H13BrN4O/c1-5(2)7(8(11)15)14-9-6(10)3-12-4-13-9/h3-5,7H,1-2H3,(H2,11,15)(H,12,13,14). The highest BCUT2D eigenvalue weighted by Crippen LogP contribution is 2.19. The molecule has 0 aliphatic carbocycles. The predicted octanol–water partition coefficient (Wildman–Crippen LogP) is 1.16. The van der Waals surface area contributed by atoms with Crippen LogP contribution in [-0.2, 0) is 4.79 Å². The van der Waals surface area contributed by atoms with Crippen molar-refractivity contribution in [3.8, 4) is 0 Å². The number of carbonyl (C=O) groups is 1. The minimum Gasteiger partial charge on any atom is -0.368 e. The third kappa shape index (κ3) is 3.16. The highest BCUT2D eigenvalue weighted by atomic mass is 79.9. The zero-order chi connectivity index (χ0) is 11.4. The molecule has 0 aliphatic rings. The van der Waals surface area contributed by atoms with E-state index in [1.807, 2.05) is 13.8 Å². The Morgan fingerprint density at radius 3 is 2.73 bits per heavy atom. The molecule has 1 amide bonds. The number of nitrogens with two attached hydrogens (primary N) is 1. The zero-order valence-corrected chi connectivity index (χ0v) is 10.2. The van der Waals surface area contributed by atoms with Crippen molar-refractivity contribution in [2.24, 2.45) is 11.7 Å². The van der Waals surface area contributed by atoms with E-state index in [9.17, 15) is 4.79 Å². The van der Waals surface area contributed by atoms with E-state index >= 15 is 0 Å². The Labute approximate surface area is 96.6 Å². The number of aromatic nitrogens is 2. The first kappa shape index (κ1) is 11.9. The van der Waals surface area contributed by atoms with Crippen molar-refractivity contribution in [2.45, 2.75) is 19.9 Å². The van der Waals surface area contributed by atoms with Crippen molar-refractivity contribution in [1.29, 1.82) is 0 Å². The lowest BCUT2D eigenvalue weighted by Crippen LogP contribution is -2.39. The van der Waals surface area contributed by atoms with Crippen LogP contribution in [0.3, 0.4) is 0 Å². The number of anilines is 1. The normalized spacial score (nSPS) is 12.5. The maximum atomic E-state index is 11.2. The molecule has 5 nitrogen and oxygen atoms in total. The van der Waals surface area contributed by atoms with E-state index in [-0.39, 0.29) is 5.92 Å². The highest BCUT2D eigenvalue weighted by molar-refractivity contribution is 9.10. The van der Waals surface area contributed by atoms with Crippen LogP contribution in [-0.4, -0.2) is 21.9 Å².